The van der Waals surface area contributed by atoms with Crippen molar-refractivity contribution in [2.75, 3.05) is 41.7 Å². The van der Waals surface area contributed by atoms with Crippen LogP contribution in [-0.2, 0) is 10.0 Å². The van der Waals surface area contributed by atoms with E-state index in [1.54, 1.807) is 12.1 Å². The Hall–Kier alpha value is -2.73. The molecule has 1 heterocycles. The van der Waals surface area contributed by atoms with Gasteiger partial charge in [-0.2, -0.15) is 0 Å². The van der Waals surface area contributed by atoms with Crippen molar-refractivity contribution in [3.63, 3.8) is 0 Å². The highest BCUT2D eigenvalue weighted by Gasteiger charge is 2.19. The summed E-state index contributed by atoms with van der Waals surface area (Å²) in [5, 5.41) is 1.63. The van der Waals surface area contributed by atoms with Gasteiger partial charge in [0.25, 0.3) is 10.0 Å². The quantitative estimate of drug-likeness (QED) is 0.700. The predicted octanol–water partition coefficient (Wildman–Crippen LogP) is 4.31. The van der Waals surface area contributed by atoms with Gasteiger partial charge in [-0.15, -0.1) is 0 Å². The van der Waals surface area contributed by atoms with Crippen LogP contribution in [-0.4, -0.2) is 35.6 Å². The summed E-state index contributed by atoms with van der Waals surface area (Å²) in [5.74, 6) is 0. The highest BCUT2D eigenvalue weighted by atomic mass is 32.2. The Kier molecular flexibility index (Phi) is 4.89. The van der Waals surface area contributed by atoms with Gasteiger partial charge < -0.3 is 9.80 Å². The molecule has 5 nitrogen and oxygen atoms in total. The van der Waals surface area contributed by atoms with E-state index in [1.807, 2.05) is 67.5 Å². The minimum atomic E-state index is -3.70. The van der Waals surface area contributed by atoms with Crippen LogP contribution >= 0.6 is 0 Å². The second-order valence-electron chi connectivity index (χ2n) is 7.37. The molecule has 6 heteroatoms. The maximum absolute atomic E-state index is 13.1. The minimum absolute atomic E-state index is 0.289. The summed E-state index contributed by atoms with van der Waals surface area (Å²) in [6.07, 6.45) is 2.43. The van der Waals surface area contributed by atoms with Crippen LogP contribution in [0.25, 0.3) is 10.8 Å². The molecule has 0 aliphatic carbocycles. The lowest BCUT2D eigenvalue weighted by molar-refractivity contribution is 0.602. The summed E-state index contributed by atoms with van der Waals surface area (Å²) in [7, 11) is 0.213. The topological polar surface area (TPSA) is 52.7 Å². The fourth-order valence-electron chi connectivity index (χ4n) is 3.81. The fourth-order valence-corrected chi connectivity index (χ4v) is 5.10. The predicted molar refractivity (Wildman–Crippen MR) is 117 cm³/mol. The van der Waals surface area contributed by atoms with Crippen LogP contribution in [0.2, 0.25) is 0 Å². The molecule has 0 atom stereocenters. The number of anilines is 3. The zero-order chi connectivity index (χ0) is 19.7. The van der Waals surface area contributed by atoms with E-state index in [4.69, 9.17) is 0 Å². The SMILES string of the molecule is CN(C)c1cccc2c(S(=O)(=O)Nc3ccc(N4CCCC4)cc3)cccc12. The Morgan fingerprint density at radius 2 is 1.50 bits per heavy atom. The van der Waals surface area contributed by atoms with Gasteiger partial charge in [-0.3, -0.25) is 4.72 Å². The van der Waals surface area contributed by atoms with Crippen molar-refractivity contribution in [1.82, 2.24) is 0 Å². The van der Waals surface area contributed by atoms with E-state index >= 15 is 0 Å². The van der Waals surface area contributed by atoms with E-state index < -0.39 is 10.0 Å². The Balaban J connectivity index is 1.66. The summed E-state index contributed by atoms with van der Waals surface area (Å²) in [4.78, 5) is 4.60. The average molecular weight is 396 g/mol. The first kappa shape index (κ1) is 18.6. The van der Waals surface area contributed by atoms with Crippen molar-refractivity contribution in [3.8, 4) is 0 Å². The van der Waals surface area contributed by atoms with Gasteiger partial charge in [0, 0.05) is 55.0 Å². The largest absolute Gasteiger partial charge is 0.377 e. The zero-order valence-electron chi connectivity index (χ0n) is 16.2. The number of benzene rings is 3. The molecular formula is C22H25N3O2S. The van der Waals surface area contributed by atoms with Crippen molar-refractivity contribution in [3.05, 3.63) is 60.7 Å². The van der Waals surface area contributed by atoms with Crippen LogP contribution in [0.3, 0.4) is 0 Å². The van der Waals surface area contributed by atoms with Crippen LogP contribution in [0.5, 0.6) is 0 Å². The molecule has 1 saturated heterocycles. The second kappa shape index (κ2) is 7.36. The number of nitrogens with zero attached hydrogens (tertiary/aromatic N) is 2. The van der Waals surface area contributed by atoms with E-state index in [-0.39, 0.29) is 4.90 Å². The smallest absolute Gasteiger partial charge is 0.262 e. The summed E-state index contributed by atoms with van der Waals surface area (Å²) >= 11 is 0. The van der Waals surface area contributed by atoms with Gasteiger partial charge in [0.15, 0.2) is 0 Å². The lowest BCUT2D eigenvalue weighted by atomic mass is 10.1. The minimum Gasteiger partial charge on any atom is -0.377 e. The Morgan fingerprint density at radius 3 is 2.18 bits per heavy atom. The van der Waals surface area contributed by atoms with Crippen molar-refractivity contribution >= 4 is 37.9 Å². The van der Waals surface area contributed by atoms with Gasteiger partial charge in [0.2, 0.25) is 0 Å². The van der Waals surface area contributed by atoms with E-state index in [1.165, 1.54) is 12.8 Å². The number of hydrogen-bond acceptors (Lipinski definition) is 4. The molecule has 0 amide bonds. The molecule has 3 aromatic rings. The second-order valence-corrected chi connectivity index (χ2v) is 9.02. The summed E-state index contributed by atoms with van der Waals surface area (Å²) < 4.78 is 28.9. The molecule has 28 heavy (non-hydrogen) atoms. The Labute approximate surface area is 166 Å². The number of nitrogens with one attached hydrogen (secondary N) is 1. The molecule has 0 unspecified atom stereocenters. The van der Waals surface area contributed by atoms with Gasteiger partial charge in [-0.1, -0.05) is 24.3 Å². The van der Waals surface area contributed by atoms with Crippen LogP contribution < -0.4 is 14.5 Å². The Morgan fingerprint density at radius 1 is 0.857 bits per heavy atom. The van der Waals surface area contributed by atoms with Crippen LogP contribution in [0.4, 0.5) is 17.1 Å². The number of hydrogen-bond donors (Lipinski definition) is 1. The van der Waals surface area contributed by atoms with Gasteiger partial charge in [0.05, 0.1) is 4.90 Å². The van der Waals surface area contributed by atoms with Gasteiger partial charge >= 0.3 is 0 Å². The van der Waals surface area contributed by atoms with E-state index in [2.05, 4.69) is 9.62 Å². The highest BCUT2D eigenvalue weighted by Crippen LogP contribution is 2.31. The molecular weight excluding hydrogens is 370 g/mol. The number of rotatable bonds is 5. The van der Waals surface area contributed by atoms with Crippen molar-refractivity contribution in [2.45, 2.75) is 17.7 Å². The molecule has 1 aliphatic rings. The number of fused-ring (bicyclic) bond motifs is 1. The van der Waals surface area contributed by atoms with Crippen LogP contribution in [0, 0.1) is 0 Å². The normalized spacial score (nSPS) is 14.4. The van der Waals surface area contributed by atoms with Crippen molar-refractivity contribution in [2.24, 2.45) is 0 Å². The molecule has 4 rings (SSSR count). The molecule has 0 saturated carbocycles. The number of sulfonamides is 1. The molecule has 0 aromatic heterocycles. The third-order valence-electron chi connectivity index (χ3n) is 5.22. The average Bonchev–Trinajstić information content (AvgIpc) is 3.22. The van der Waals surface area contributed by atoms with Gasteiger partial charge in [-0.05, 0) is 49.2 Å². The third-order valence-corrected chi connectivity index (χ3v) is 6.66. The summed E-state index contributed by atoms with van der Waals surface area (Å²) in [6, 6.07) is 18.8. The molecule has 1 fully saturated rings. The third kappa shape index (κ3) is 3.52. The molecule has 0 spiro atoms. The molecule has 3 aromatic carbocycles. The first-order valence-corrected chi connectivity index (χ1v) is 11.0. The standard InChI is InChI=1S/C22H25N3O2S/c1-24(2)21-9-5-8-20-19(21)7-6-10-22(20)28(26,27)23-17-11-13-18(14-12-17)25-15-3-4-16-25/h5-14,23H,3-4,15-16H2,1-2H3. The maximum atomic E-state index is 13.1. The van der Waals surface area contributed by atoms with E-state index in [0.29, 0.717) is 5.69 Å². The van der Waals surface area contributed by atoms with Gasteiger partial charge in [0.1, 0.15) is 0 Å². The first-order chi connectivity index (χ1) is 13.5. The zero-order valence-corrected chi connectivity index (χ0v) is 17.0. The fraction of sp³-hybridized carbons (Fsp3) is 0.273. The lowest BCUT2D eigenvalue weighted by Gasteiger charge is -2.19. The molecule has 0 bridgehead atoms. The monoisotopic (exact) mass is 395 g/mol. The van der Waals surface area contributed by atoms with Gasteiger partial charge in [-0.25, -0.2) is 8.42 Å². The first-order valence-electron chi connectivity index (χ1n) is 9.53. The summed E-state index contributed by atoms with van der Waals surface area (Å²) in [6.45, 7) is 2.13. The van der Waals surface area contributed by atoms with Crippen molar-refractivity contribution < 1.29 is 8.42 Å². The molecule has 1 N–H and O–H groups in total. The van der Waals surface area contributed by atoms with E-state index in [9.17, 15) is 8.42 Å². The van der Waals surface area contributed by atoms with Crippen LogP contribution in [0.15, 0.2) is 65.6 Å². The maximum Gasteiger partial charge on any atom is 0.262 e. The molecule has 1 aliphatic heterocycles. The highest BCUT2D eigenvalue weighted by molar-refractivity contribution is 7.93. The summed E-state index contributed by atoms with van der Waals surface area (Å²) in [5.41, 5.74) is 2.70. The molecule has 146 valence electrons. The Bertz CT molecular complexity index is 1090. The van der Waals surface area contributed by atoms with Crippen molar-refractivity contribution in [1.29, 1.82) is 0 Å². The van der Waals surface area contributed by atoms with E-state index in [0.717, 1.165) is 35.2 Å². The molecule has 0 radical (unpaired) electrons. The van der Waals surface area contributed by atoms with Crippen LogP contribution in [0.1, 0.15) is 12.8 Å². The lowest BCUT2D eigenvalue weighted by Crippen LogP contribution is -2.17.